The van der Waals surface area contributed by atoms with Gasteiger partial charge in [-0.1, -0.05) is 152 Å². The maximum Gasteiger partial charge on any atom is 0.0316 e. The molecule has 0 aliphatic rings. The minimum atomic E-state index is 0.303. The van der Waals surface area contributed by atoms with E-state index < -0.39 is 0 Å². The molecule has 0 spiro atoms. The molecule has 8 rings (SSSR count). The van der Waals surface area contributed by atoms with Crippen molar-refractivity contribution in [3.05, 3.63) is 187 Å². The summed E-state index contributed by atoms with van der Waals surface area (Å²) in [4.78, 5) is 1.33. The smallest absolute Gasteiger partial charge is 0.0316 e. The van der Waals surface area contributed by atoms with Crippen molar-refractivity contribution in [2.75, 3.05) is 0 Å². The molecule has 0 N–H and O–H groups in total. The van der Waals surface area contributed by atoms with E-state index in [0.717, 1.165) is 0 Å². The lowest BCUT2D eigenvalue weighted by Crippen LogP contribution is -1.94. The Kier molecular flexibility index (Phi) is 8.14. The summed E-state index contributed by atoms with van der Waals surface area (Å²) in [6.45, 7) is 4.52. The van der Waals surface area contributed by atoms with Gasteiger partial charge in [0.15, 0.2) is 0 Å². The quantitative estimate of drug-likeness (QED) is 0.124. The summed E-state index contributed by atoms with van der Waals surface area (Å²) in [6, 6.07) is 64.4. The minimum absolute atomic E-state index is 0.303. The van der Waals surface area contributed by atoms with Gasteiger partial charge < -0.3 is 0 Å². The van der Waals surface area contributed by atoms with Crippen molar-refractivity contribution in [1.82, 2.24) is 0 Å². The molecule has 0 nitrogen and oxygen atoms in total. The van der Waals surface area contributed by atoms with Crippen LogP contribution < -0.4 is 0 Å². The van der Waals surface area contributed by atoms with Gasteiger partial charge in [-0.2, -0.15) is 0 Å². The van der Waals surface area contributed by atoms with E-state index in [1.807, 2.05) is 11.8 Å². The molecule has 0 aliphatic heterocycles. The lowest BCUT2D eigenvalue weighted by Gasteiger charge is -2.21. The van der Waals surface area contributed by atoms with Gasteiger partial charge in [0.25, 0.3) is 0 Å². The van der Waals surface area contributed by atoms with Crippen LogP contribution in [0.4, 0.5) is 0 Å². The van der Waals surface area contributed by atoms with Crippen molar-refractivity contribution in [1.29, 1.82) is 0 Å². The van der Waals surface area contributed by atoms with Crippen molar-refractivity contribution in [3.8, 4) is 44.5 Å². The summed E-state index contributed by atoms with van der Waals surface area (Å²) in [6.07, 6.45) is 0. The van der Waals surface area contributed by atoms with Crippen molar-refractivity contribution in [2.24, 2.45) is 0 Å². The molecule has 0 saturated carbocycles. The van der Waals surface area contributed by atoms with E-state index in [1.165, 1.54) is 82.1 Å². The Hall–Kier alpha value is -5.37. The fourth-order valence-corrected chi connectivity index (χ4v) is 8.04. The number of hydrogen-bond donors (Lipinski definition) is 0. The van der Waals surface area contributed by atoms with Crippen LogP contribution in [0.25, 0.3) is 66.1 Å². The van der Waals surface area contributed by atoms with Crippen molar-refractivity contribution in [3.63, 3.8) is 0 Å². The van der Waals surface area contributed by atoms with Crippen LogP contribution in [0.2, 0.25) is 0 Å². The highest BCUT2D eigenvalue weighted by Crippen LogP contribution is 2.47. The third kappa shape index (κ3) is 5.72. The third-order valence-electron chi connectivity index (χ3n) is 9.44. The molecule has 0 aliphatic carbocycles. The number of thioether (sulfide) groups is 1. The summed E-state index contributed by atoms with van der Waals surface area (Å²) in [5.74, 6) is 0. The maximum atomic E-state index is 2.42. The van der Waals surface area contributed by atoms with E-state index in [9.17, 15) is 0 Å². The van der Waals surface area contributed by atoms with Crippen LogP contribution in [0.5, 0.6) is 0 Å². The number of fused-ring (bicyclic) bond motifs is 2. The zero-order chi connectivity index (χ0) is 32.5. The topological polar surface area (TPSA) is 0 Å². The van der Waals surface area contributed by atoms with E-state index >= 15 is 0 Å². The van der Waals surface area contributed by atoms with Crippen LogP contribution in [0.3, 0.4) is 0 Å². The molecule has 0 heterocycles. The second-order valence-corrected chi connectivity index (χ2v) is 13.9. The molecule has 0 aromatic heterocycles. The number of hydrogen-bond acceptors (Lipinski definition) is 1. The normalized spacial score (nSPS) is 12.0. The summed E-state index contributed by atoms with van der Waals surface area (Å²) in [5.41, 5.74) is 12.6. The number of benzene rings is 8. The van der Waals surface area contributed by atoms with Gasteiger partial charge in [-0.15, -0.1) is 11.8 Å². The fourth-order valence-electron chi connectivity index (χ4n) is 6.97. The predicted octanol–water partition coefficient (Wildman–Crippen LogP) is 13.8. The highest BCUT2D eigenvalue weighted by Gasteiger charge is 2.19. The zero-order valence-corrected chi connectivity index (χ0v) is 28.0. The standard InChI is InChI=1S/C47H36S/c1-32-15-12-13-24-45(32)48-33(2)37-22-14-23-40(29-37)47-42-28-26-38(34-16-6-3-7-17-34)30-43(42)46(36-20-10-5-11-21-36)41-27-25-39(31-44(41)47)35-18-8-4-9-19-35/h3-31,33H,1-2H3. The lowest BCUT2D eigenvalue weighted by molar-refractivity contribution is 1.09. The Balaban J connectivity index is 1.41. The molecule has 0 fully saturated rings. The number of aryl methyl sites for hydroxylation is 1. The zero-order valence-electron chi connectivity index (χ0n) is 27.2. The summed E-state index contributed by atoms with van der Waals surface area (Å²) < 4.78 is 0. The van der Waals surface area contributed by atoms with Gasteiger partial charge in [-0.3, -0.25) is 0 Å². The van der Waals surface area contributed by atoms with Crippen LogP contribution in [0.1, 0.15) is 23.3 Å². The molecule has 8 aromatic rings. The van der Waals surface area contributed by atoms with Gasteiger partial charge >= 0.3 is 0 Å². The first-order chi connectivity index (χ1) is 23.6. The van der Waals surface area contributed by atoms with Gasteiger partial charge in [0.05, 0.1) is 0 Å². The van der Waals surface area contributed by atoms with Crippen LogP contribution in [-0.2, 0) is 0 Å². The molecule has 1 unspecified atom stereocenters. The molecule has 0 saturated heterocycles. The van der Waals surface area contributed by atoms with Crippen LogP contribution >= 0.6 is 11.8 Å². The molecule has 0 bridgehead atoms. The van der Waals surface area contributed by atoms with Gasteiger partial charge in [0.1, 0.15) is 0 Å². The van der Waals surface area contributed by atoms with Gasteiger partial charge in [-0.05, 0) is 115 Å². The highest BCUT2D eigenvalue weighted by atomic mass is 32.2. The molecule has 0 amide bonds. The lowest BCUT2D eigenvalue weighted by atomic mass is 9.83. The first kappa shape index (κ1) is 30.0. The van der Waals surface area contributed by atoms with Gasteiger partial charge in [0, 0.05) is 10.1 Å². The van der Waals surface area contributed by atoms with Crippen LogP contribution in [-0.4, -0.2) is 0 Å². The van der Waals surface area contributed by atoms with E-state index in [1.54, 1.807) is 0 Å². The predicted molar refractivity (Wildman–Crippen MR) is 209 cm³/mol. The van der Waals surface area contributed by atoms with E-state index in [4.69, 9.17) is 0 Å². The molecule has 1 heteroatoms. The molecule has 48 heavy (non-hydrogen) atoms. The molecule has 8 aromatic carbocycles. The summed E-state index contributed by atoms with van der Waals surface area (Å²) in [7, 11) is 0. The average Bonchev–Trinajstić information content (AvgIpc) is 3.15. The Morgan fingerprint density at radius 2 is 0.854 bits per heavy atom. The van der Waals surface area contributed by atoms with Gasteiger partial charge in [0.2, 0.25) is 0 Å². The van der Waals surface area contributed by atoms with Crippen molar-refractivity contribution in [2.45, 2.75) is 24.0 Å². The average molecular weight is 633 g/mol. The monoisotopic (exact) mass is 632 g/mol. The second kappa shape index (κ2) is 13.0. The van der Waals surface area contributed by atoms with E-state index in [-0.39, 0.29) is 0 Å². The Bertz CT molecular complexity index is 2370. The van der Waals surface area contributed by atoms with Crippen molar-refractivity contribution >= 4 is 33.3 Å². The molecule has 0 radical (unpaired) electrons. The minimum Gasteiger partial charge on any atom is -0.118 e. The van der Waals surface area contributed by atoms with E-state index in [2.05, 4.69) is 190 Å². The summed E-state index contributed by atoms with van der Waals surface area (Å²) in [5, 5.41) is 5.37. The molecular weight excluding hydrogens is 597 g/mol. The van der Waals surface area contributed by atoms with Gasteiger partial charge in [-0.25, -0.2) is 0 Å². The fraction of sp³-hybridized carbons (Fsp3) is 0.0638. The number of rotatable bonds is 7. The summed E-state index contributed by atoms with van der Waals surface area (Å²) >= 11 is 1.93. The maximum absolute atomic E-state index is 2.42. The second-order valence-electron chi connectivity index (χ2n) is 12.5. The van der Waals surface area contributed by atoms with Crippen LogP contribution in [0, 0.1) is 6.92 Å². The Morgan fingerprint density at radius 1 is 0.375 bits per heavy atom. The molecule has 230 valence electrons. The van der Waals surface area contributed by atoms with Crippen LogP contribution in [0.15, 0.2) is 181 Å². The molecule has 1 atom stereocenters. The molecular formula is C47H36S. The highest BCUT2D eigenvalue weighted by molar-refractivity contribution is 7.99. The third-order valence-corrected chi connectivity index (χ3v) is 10.8. The SMILES string of the molecule is Cc1ccccc1SC(C)c1cccc(-c2c3ccc(-c4ccccc4)cc3c(-c3ccccc3)c3ccc(-c4ccccc4)cc23)c1. The largest absolute Gasteiger partial charge is 0.118 e. The van der Waals surface area contributed by atoms with E-state index in [0.29, 0.717) is 5.25 Å². The Labute approximate surface area is 287 Å². The first-order valence-corrected chi connectivity index (χ1v) is 17.5. The first-order valence-electron chi connectivity index (χ1n) is 16.7. The Morgan fingerprint density at radius 3 is 1.42 bits per heavy atom. The van der Waals surface area contributed by atoms with Crippen molar-refractivity contribution < 1.29 is 0 Å².